The Bertz CT molecular complexity index is 626. The van der Waals surface area contributed by atoms with E-state index in [9.17, 15) is 5.11 Å². The van der Waals surface area contributed by atoms with Crippen molar-refractivity contribution in [2.24, 2.45) is 0 Å². The molecule has 0 amide bonds. The summed E-state index contributed by atoms with van der Waals surface area (Å²) in [5, 5.41) is 18.7. The highest BCUT2D eigenvalue weighted by atomic mass is 16.5. The van der Waals surface area contributed by atoms with Gasteiger partial charge in [0.05, 0.1) is 12.9 Å². The highest BCUT2D eigenvalue weighted by Crippen LogP contribution is 2.25. The third-order valence-corrected chi connectivity index (χ3v) is 3.01. The molecule has 0 aliphatic carbocycles. The Morgan fingerprint density at radius 1 is 1.32 bits per heavy atom. The average molecular weight is 263 g/mol. The average Bonchev–Trinajstić information content (AvgIpc) is 2.85. The van der Waals surface area contributed by atoms with Crippen LogP contribution in [0.5, 0.6) is 0 Å². The number of nitrogen functional groups attached to an aromatic ring is 1. The van der Waals surface area contributed by atoms with Gasteiger partial charge < -0.3 is 20.7 Å². The summed E-state index contributed by atoms with van der Waals surface area (Å²) in [6, 6.07) is 0. The SMILES string of the molecule is Nc1ncnc2c1ncn2[C@@H]1C=C[C@H](O)[C@@H](CO)O1. The van der Waals surface area contributed by atoms with Gasteiger partial charge in [-0.2, -0.15) is 0 Å². The quantitative estimate of drug-likeness (QED) is 0.608. The van der Waals surface area contributed by atoms with Crippen molar-refractivity contribution in [2.75, 3.05) is 12.3 Å². The van der Waals surface area contributed by atoms with Gasteiger partial charge >= 0.3 is 0 Å². The lowest BCUT2D eigenvalue weighted by Gasteiger charge is -2.28. The van der Waals surface area contributed by atoms with Crippen LogP contribution >= 0.6 is 0 Å². The van der Waals surface area contributed by atoms with E-state index in [1.54, 1.807) is 16.7 Å². The van der Waals surface area contributed by atoms with Gasteiger partial charge in [-0.15, -0.1) is 0 Å². The zero-order valence-corrected chi connectivity index (χ0v) is 9.92. The summed E-state index contributed by atoms with van der Waals surface area (Å²) in [6.07, 6.45) is 4.14. The molecule has 0 saturated heterocycles. The van der Waals surface area contributed by atoms with Crippen molar-refractivity contribution in [3.8, 4) is 0 Å². The number of ether oxygens (including phenoxy) is 1. The number of nitrogens with two attached hydrogens (primary N) is 1. The Labute approximate surface area is 108 Å². The molecule has 0 bridgehead atoms. The summed E-state index contributed by atoms with van der Waals surface area (Å²) in [5.41, 5.74) is 6.74. The molecule has 3 atom stereocenters. The van der Waals surface area contributed by atoms with Crippen LogP contribution in [0.2, 0.25) is 0 Å². The van der Waals surface area contributed by atoms with Crippen molar-refractivity contribution in [1.29, 1.82) is 0 Å². The number of anilines is 1. The topological polar surface area (TPSA) is 119 Å². The highest BCUT2D eigenvalue weighted by molar-refractivity contribution is 5.81. The second kappa shape index (κ2) is 4.57. The molecule has 0 unspecified atom stereocenters. The van der Waals surface area contributed by atoms with E-state index in [-0.39, 0.29) is 6.61 Å². The fourth-order valence-electron chi connectivity index (χ4n) is 2.00. The fraction of sp³-hybridized carbons (Fsp3) is 0.364. The summed E-state index contributed by atoms with van der Waals surface area (Å²) in [6.45, 7) is -0.272. The predicted octanol–water partition coefficient (Wildman–Crippen LogP) is -0.785. The van der Waals surface area contributed by atoms with Gasteiger partial charge in [0.1, 0.15) is 24.1 Å². The molecule has 0 saturated carbocycles. The van der Waals surface area contributed by atoms with Crippen molar-refractivity contribution in [3.63, 3.8) is 0 Å². The second-order valence-corrected chi connectivity index (χ2v) is 4.21. The van der Waals surface area contributed by atoms with Crippen LogP contribution in [0.15, 0.2) is 24.8 Å². The van der Waals surface area contributed by atoms with Crippen LogP contribution in [0.4, 0.5) is 5.82 Å². The van der Waals surface area contributed by atoms with Crippen LogP contribution in [0, 0.1) is 0 Å². The first-order valence-corrected chi connectivity index (χ1v) is 5.76. The van der Waals surface area contributed by atoms with Crippen molar-refractivity contribution in [2.45, 2.75) is 18.4 Å². The first-order chi connectivity index (χ1) is 9.20. The van der Waals surface area contributed by atoms with E-state index >= 15 is 0 Å². The molecule has 2 aromatic heterocycles. The van der Waals surface area contributed by atoms with Crippen molar-refractivity contribution >= 4 is 17.0 Å². The molecule has 0 aromatic carbocycles. The summed E-state index contributed by atoms with van der Waals surface area (Å²) in [4.78, 5) is 12.1. The van der Waals surface area contributed by atoms with Gasteiger partial charge in [0.15, 0.2) is 17.7 Å². The van der Waals surface area contributed by atoms with Gasteiger partial charge in [-0.3, -0.25) is 4.57 Å². The molecule has 3 heterocycles. The Kier molecular flexibility index (Phi) is 2.90. The van der Waals surface area contributed by atoms with Crippen molar-refractivity contribution in [3.05, 3.63) is 24.8 Å². The molecule has 8 heteroatoms. The van der Waals surface area contributed by atoms with Gasteiger partial charge in [-0.25, -0.2) is 15.0 Å². The molecule has 0 fully saturated rings. The number of aliphatic hydroxyl groups is 2. The summed E-state index contributed by atoms with van der Waals surface area (Å²) < 4.78 is 7.24. The van der Waals surface area contributed by atoms with Crippen LogP contribution in [-0.4, -0.2) is 48.5 Å². The van der Waals surface area contributed by atoms with Crippen LogP contribution < -0.4 is 5.73 Å². The Morgan fingerprint density at radius 2 is 2.16 bits per heavy atom. The summed E-state index contributed by atoms with van der Waals surface area (Å²) in [5.74, 6) is 0.294. The van der Waals surface area contributed by atoms with Crippen LogP contribution in [0.25, 0.3) is 11.2 Å². The number of nitrogens with zero attached hydrogens (tertiary/aromatic N) is 4. The fourth-order valence-corrected chi connectivity index (χ4v) is 2.00. The monoisotopic (exact) mass is 263 g/mol. The number of fused-ring (bicyclic) bond motifs is 1. The van der Waals surface area contributed by atoms with Gasteiger partial charge in [0.2, 0.25) is 0 Å². The predicted molar refractivity (Wildman–Crippen MR) is 65.9 cm³/mol. The van der Waals surface area contributed by atoms with Gasteiger partial charge in [-0.05, 0) is 6.08 Å². The third kappa shape index (κ3) is 1.95. The summed E-state index contributed by atoms with van der Waals surface area (Å²) >= 11 is 0. The zero-order valence-electron chi connectivity index (χ0n) is 9.92. The Hall–Kier alpha value is -2.03. The first-order valence-electron chi connectivity index (χ1n) is 5.76. The standard InChI is InChI=1S/C11H13N5O3/c12-10-9-11(14-4-13-10)16(5-15-9)8-2-1-6(18)7(3-17)19-8/h1-2,4-8,17-18H,3H2,(H2,12,13,14)/t6-,7+,8-/m0/s1. The minimum absolute atomic E-state index is 0.272. The molecule has 4 N–H and O–H groups in total. The normalized spacial score (nSPS) is 26.9. The van der Waals surface area contributed by atoms with Crippen LogP contribution in [-0.2, 0) is 4.74 Å². The number of aliphatic hydroxyl groups excluding tert-OH is 2. The molecular formula is C11H13N5O3. The summed E-state index contributed by atoms with van der Waals surface area (Å²) in [7, 11) is 0. The number of rotatable bonds is 2. The maximum Gasteiger partial charge on any atom is 0.167 e. The molecule has 100 valence electrons. The first kappa shape index (κ1) is 12.0. The molecule has 19 heavy (non-hydrogen) atoms. The van der Waals surface area contributed by atoms with E-state index in [1.807, 2.05) is 0 Å². The molecule has 1 aliphatic rings. The molecule has 1 aliphatic heterocycles. The van der Waals surface area contributed by atoms with Gasteiger partial charge in [-0.1, -0.05) is 6.08 Å². The molecule has 0 spiro atoms. The van der Waals surface area contributed by atoms with Gasteiger partial charge in [0.25, 0.3) is 0 Å². The van der Waals surface area contributed by atoms with Crippen molar-refractivity contribution < 1.29 is 14.9 Å². The van der Waals surface area contributed by atoms with E-state index < -0.39 is 18.4 Å². The minimum atomic E-state index is -0.823. The third-order valence-electron chi connectivity index (χ3n) is 3.01. The largest absolute Gasteiger partial charge is 0.394 e. The Morgan fingerprint density at radius 3 is 2.95 bits per heavy atom. The number of aromatic nitrogens is 4. The maximum atomic E-state index is 9.60. The molecule has 0 radical (unpaired) electrons. The number of hydrogen-bond acceptors (Lipinski definition) is 7. The smallest absolute Gasteiger partial charge is 0.167 e. The maximum absolute atomic E-state index is 9.60. The van der Waals surface area contributed by atoms with E-state index in [1.165, 1.54) is 12.7 Å². The van der Waals surface area contributed by atoms with Crippen LogP contribution in [0.1, 0.15) is 6.23 Å². The number of imidazole rings is 1. The number of hydrogen-bond donors (Lipinski definition) is 3. The van der Waals surface area contributed by atoms with E-state index in [4.69, 9.17) is 15.6 Å². The second-order valence-electron chi connectivity index (χ2n) is 4.21. The minimum Gasteiger partial charge on any atom is -0.394 e. The Balaban J connectivity index is 2.01. The molecule has 8 nitrogen and oxygen atoms in total. The van der Waals surface area contributed by atoms with Gasteiger partial charge in [0, 0.05) is 0 Å². The lowest BCUT2D eigenvalue weighted by molar-refractivity contribution is -0.102. The van der Waals surface area contributed by atoms with Crippen molar-refractivity contribution in [1.82, 2.24) is 19.5 Å². The van der Waals surface area contributed by atoms with E-state index in [0.29, 0.717) is 17.0 Å². The molecular weight excluding hydrogens is 250 g/mol. The van der Waals surface area contributed by atoms with E-state index in [0.717, 1.165) is 0 Å². The molecule has 3 rings (SSSR count). The lowest BCUT2D eigenvalue weighted by atomic mass is 10.1. The highest BCUT2D eigenvalue weighted by Gasteiger charge is 2.27. The van der Waals surface area contributed by atoms with E-state index in [2.05, 4.69) is 15.0 Å². The lowest BCUT2D eigenvalue weighted by Crippen LogP contribution is -2.36. The molecule has 2 aromatic rings. The zero-order chi connectivity index (χ0) is 13.4. The van der Waals surface area contributed by atoms with Crippen LogP contribution in [0.3, 0.4) is 0 Å².